The molecule has 9 heteroatoms. The first-order valence-corrected chi connectivity index (χ1v) is 8.82. The van der Waals surface area contributed by atoms with E-state index in [1.165, 1.54) is 0 Å². The van der Waals surface area contributed by atoms with Crippen LogP contribution in [0.1, 0.15) is 12.8 Å². The van der Waals surface area contributed by atoms with E-state index in [4.69, 9.17) is 16.7 Å². The van der Waals surface area contributed by atoms with Crippen LogP contribution in [0.25, 0.3) is 0 Å². The first-order chi connectivity index (χ1) is 11.0. The molecule has 23 heavy (non-hydrogen) atoms. The SMILES string of the molecule is O=C(O)CSc1nc(Cl)cc(N2CCN(C(=O)C3CC3)CC2)n1. The van der Waals surface area contributed by atoms with Gasteiger partial charge < -0.3 is 14.9 Å². The van der Waals surface area contributed by atoms with Crippen molar-refractivity contribution in [3.8, 4) is 0 Å². The highest BCUT2D eigenvalue weighted by Gasteiger charge is 2.34. The first kappa shape index (κ1) is 16.3. The number of hydrogen-bond donors (Lipinski definition) is 1. The number of halogens is 1. The van der Waals surface area contributed by atoms with Gasteiger partial charge in [-0.3, -0.25) is 9.59 Å². The highest BCUT2D eigenvalue weighted by Crippen LogP contribution is 2.31. The van der Waals surface area contributed by atoms with E-state index in [-0.39, 0.29) is 17.6 Å². The maximum absolute atomic E-state index is 12.1. The van der Waals surface area contributed by atoms with Gasteiger partial charge in [-0.25, -0.2) is 9.97 Å². The fourth-order valence-corrected chi connectivity index (χ4v) is 3.28. The van der Waals surface area contributed by atoms with Gasteiger partial charge in [-0.2, -0.15) is 0 Å². The molecule has 1 aliphatic heterocycles. The Hall–Kier alpha value is -1.54. The molecule has 1 saturated heterocycles. The van der Waals surface area contributed by atoms with Crippen molar-refractivity contribution in [3.05, 3.63) is 11.2 Å². The largest absolute Gasteiger partial charge is 0.481 e. The van der Waals surface area contributed by atoms with Crippen LogP contribution in [0.5, 0.6) is 0 Å². The van der Waals surface area contributed by atoms with Crippen molar-refractivity contribution >= 4 is 41.1 Å². The quantitative estimate of drug-likeness (QED) is 0.484. The molecule has 2 heterocycles. The van der Waals surface area contributed by atoms with Crippen molar-refractivity contribution in [1.29, 1.82) is 0 Å². The van der Waals surface area contributed by atoms with E-state index in [0.717, 1.165) is 24.6 Å². The lowest BCUT2D eigenvalue weighted by molar-refractivity contribution is -0.134. The number of aromatic nitrogens is 2. The second-order valence-electron chi connectivity index (χ2n) is 5.60. The Morgan fingerprint density at radius 2 is 1.96 bits per heavy atom. The molecule has 1 aliphatic carbocycles. The predicted molar refractivity (Wildman–Crippen MR) is 86.9 cm³/mol. The number of piperazine rings is 1. The van der Waals surface area contributed by atoms with E-state index >= 15 is 0 Å². The number of carboxylic acids is 1. The average Bonchev–Trinajstić information content (AvgIpc) is 3.37. The molecule has 0 radical (unpaired) electrons. The van der Waals surface area contributed by atoms with Crippen LogP contribution in [0.2, 0.25) is 5.15 Å². The molecule has 7 nitrogen and oxygen atoms in total. The number of carbonyl (C=O) groups excluding carboxylic acids is 1. The smallest absolute Gasteiger partial charge is 0.313 e. The van der Waals surface area contributed by atoms with Gasteiger partial charge in [0.1, 0.15) is 11.0 Å². The van der Waals surface area contributed by atoms with E-state index in [9.17, 15) is 9.59 Å². The number of hydrogen-bond acceptors (Lipinski definition) is 6. The number of amides is 1. The van der Waals surface area contributed by atoms with Crippen LogP contribution in [-0.4, -0.2) is 63.8 Å². The summed E-state index contributed by atoms with van der Waals surface area (Å²) in [5, 5.41) is 9.38. The molecule has 1 saturated carbocycles. The maximum atomic E-state index is 12.1. The Morgan fingerprint density at radius 3 is 2.57 bits per heavy atom. The van der Waals surface area contributed by atoms with Crippen LogP contribution >= 0.6 is 23.4 Å². The molecule has 1 aromatic heterocycles. The summed E-state index contributed by atoms with van der Waals surface area (Å²) in [5.74, 6) is 0.157. The Bertz CT molecular complexity index is 618. The lowest BCUT2D eigenvalue weighted by Crippen LogP contribution is -2.49. The lowest BCUT2D eigenvalue weighted by atomic mass is 10.2. The predicted octanol–water partition coefficient (Wildman–Crippen LogP) is 1.37. The molecule has 0 bridgehead atoms. The van der Waals surface area contributed by atoms with E-state index in [0.29, 0.717) is 42.3 Å². The van der Waals surface area contributed by atoms with E-state index in [1.54, 1.807) is 6.07 Å². The Labute approximate surface area is 143 Å². The summed E-state index contributed by atoms with van der Waals surface area (Å²) in [6, 6.07) is 1.67. The summed E-state index contributed by atoms with van der Waals surface area (Å²) in [7, 11) is 0. The average molecular weight is 357 g/mol. The van der Waals surface area contributed by atoms with Gasteiger partial charge >= 0.3 is 5.97 Å². The molecular weight excluding hydrogens is 340 g/mol. The number of anilines is 1. The zero-order valence-corrected chi connectivity index (χ0v) is 14.0. The highest BCUT2D eigenvalue weighted by molar-refractivity contribution is 7.99. The zero-order valence-electron chi connectivity index (χ0n) is 12.4. The minimum atomic E-state index is -0.924. The molecule has 0 aromatic carbocycles. The number of carboxylic acid groups (broad SMARTS) is 1. The molecule has 0 unspecified atom stereocenters. The Kier molecular flexibility index (Phi) is 4.91. The van der Waals surface area contributed by atoms with E-state index in [2.05, 4.69) is 14.9 Å². The Morgan fingerprint density at radius 1 is 1.26 bits per heavy atom. The standard InChI is InChI=1S/C14H17ClN4O3S/c15-10-7-11(17-14(16-10)23-8-12(20)21)18-3-5-19(6-4-18)13(22)9-1-2-9/h7,9H,1-6,8H2,(H,20,21). The van der Waals surface area contributed by atoms with Crippen molar-refractivity contribution in [3.63, 3.8) is 0 Å². The normalized spacial score (nSPS) is 18.1. The molecule has 1 N–H and O–H groups in total. The van der Waals surface area contributed by atoms with Crippen molar-refractivity contribution in [1.82, 2.24) is 14.9 Å². The fraction of sp³-hybridized carbons (Fsp3) is 0.571. The molecular formula is C14H17ClN4O3S. The van der Waals surface area contributed by atoms with Crippen LogP contribution in [0.15, 0.2) is 11.2 Å². The highest BCUT2D eigenvalue weighted by atomic mass is 35.5. The first-order valence-electron chi connectivity index (χ1n) is 7.46. The van der Waals surface area contributed by atoms with Gasteiger partial charge in [0.25, 0.3) is 0 Å². The third-order valence-electron chi connectivity index (χ3n) is 3.83. The third kappa shape index (κ3) is 4.26. The number of aliphatic carboxylic acids is 1. The summed E-state index contributed by atoms with van der Waals surface area (Å²) >= 11 is 7.05. The monoisotopic (exact) mass is 356 g/mol. The van der Waals surface area contributed by atoms with Crippen molar-refractivity contribution in [2.75, 3.05) is 36.8 Å². The second-order valence-corrected chi connectivity index (χ2v) is 6.93. The molecule has 1 aromatic rings. The van der Waals surface area contributed by atoms with Crippen molar-refractivity contribution in [2.45, 2.75) is 18.0 Å². The van der Waals surface area contributed by atoms with Crippen LogP contribution in [0.3, 0.4) is 0 Å². The van der Waals surface area contributed by atoms with Gasteiger partial charge in [-0.15, -0.1) is 0 Å². The molecule has 124 valence electrons. The summed E-state index contributed by atoms with van der Waals surface area (Å²) in [4.78, 5) is 35.1. The van der Waals surface area contributed by atoms with Crippen molar-refractivity contribution < 1.29 is 14.7 Å². The van der Waals surface area contributed by atoms with Gasteiger partial charge in [0.05, 0.1) is 5.75 Å². The summed E-state index contributed by atoms with van der Waals surface area (Å²) in [6.07, 6.45) is 2.04. The van der Waals surface area contributed by atoms with Gasteiger partial charge in [0, 0.05) is 38.2 Å². The van der Waals surface area contributed by atoms with Crippen LogP contribution in [0.4, 0.5) is 5.82 Å². The topological polar surface area (TPSA) is 86.6 Å². The molecule has 1 amide bonds. The van der Waals surface area contributed by atoms with Gasteiger partial charge in [0.2, 0.25) is 5.91 Å². The van der Waals surface area contributed by atoms with Gasteiger partial charge in [-0.1, -0.05) is 23.4 Å². The second kappa shape index (κ2) is 6.92. The van der Waals surface area contributed by atoms with Crippen molar-refractivity contribution in [2.24, 2.45) is 5.92 Å². The summed E-state index contributed by atoms with van der Waals surface area (Å²) in [5.41, 5.74) is 0. The Balaban J connectivity index is 1.62. The minimum absolute atomic E-state index is 0.108. The summed E-state index contributed by atoms with van der Waals surface area (Å²) in [6.45, 7) is 2.73. The molecule has 0 atom stereocenters. The van der Waals surface area contributed by atoms with E-state index < -0.39 is 5.97 Å². The lowest BCUT2D eigenvalue weighted by Gasteiger charge is -2.35. The maximum Gasteiger partial charge on any atom is 0.313 e. The molecule has 3 rings (SSSR count). The minimum Gasteiger partial charge on any atom is -0.481 e. The third-order valence-corrected chi connectivity index (χ3v) is 4.85. The summed E-state index contributed by atoms with van der Waals surface area (Å²) < 4.78 is 0. The van der Waals surface area contributed by atoms with Crippen LogP contribution in [0, 0.1) is 5.92 Å². The molecule has 2 aliphatic rings. The van der Waals surface area contributed by atoms with Gasteiger partial charge in [0.15, 0.2) is 5.16 Å². The molecule has 2 fully saturated rings. The van der Waals surface area contributed by atoms with Crippen LogP contribution in [-0.2, 0) is 9.59 Å². The van der Waals surface area contributed by atoms with Crippen LogP contribution < -0.4 is 4.90 Å². The number of rotatable bonds is 5. The van der Waals surface area contributed by atoms with Gasteiger partial charge in [-0.05, 0) is 12.8 Å². The number of nitrogens with zero attached hydrogens (tertiary/aromatic N) is 4. The number of thioether (sulfide) groups is 1. The molecule has 0 spiro atoms. The number of carbonyl (C=O) groups is 2. The van der Waals surface area contributed by atoms with E-state index in [1.807, 2.05) is 4.90 Å². The fourth-order valence-electron chi connectivity index (χ4n) is 2.48. The zero-order chi connectivity index (χ0) is 16.4.